The maximum absolute atomic E-state index is 12.4. The maximum atomic E-state index is 12.4. The fourth-order valence-electron chi connectivity index (χ4n) is 3.23. The van der Waals surface area contributed by atoms with Crippen molar-refractivity contribution in [1.29, 1.82) is 0 Å². The smallest absolute Gasteiger partial charge is 0.242 e. The van der Waals surface area contributed by atoms with E-state index in [-0.39, 0.29) is 24.3 Å². The number of benzene rings is 1. The molecular weight excluding hydrogens is 326 g/mol. The van der Waals surface area contributed by atoms with E-state index in [9.17, 15) is 9.59 Å². The lowest BCUT2D eigenvalue weighted by Gasteiger charge is -2.22. The first-order chi connectivity index (χ1) is 12.6. The van der Waals surface area contributed by atoms with Crippen molar-refractivity contribution in [3.05, 3.63) is 35.9 Å². The summed E-state index contributed by atoms with van der Waals surface area (Å²) >= 11 is 0. The summed E-state index contributed by atoms with van der Waals surface area (Å²) in [6.45, 7) is 8.55. The minimum absolute atomic E-state index is 0.0294. The minimum Gasteiger partial charge on any atom is -0.347 e. The molecule has 0 radical (unpaired) electrons. The number of carbonyl (C=O) groups is 2. The van der Waals surface area contributed by atoms with E-state index in [0.29, 0.717) is 0 Å². The van der Waals surface area contributed by atoms with Crippen molar-refractivity contribution in [2.75, 3.05) is 39.3 Å². The molecule has 0 aromatic heterocycles. The fraction of sp³-hybridized carbons (Fsp3) is 0.619. The molecule has 1 aromatic rings. The first-order valence-electron chi connectivity index (χ1n) is 9.92. The molecule has 144 valence electrons. The first-order valence-corrected chi connectivity index (χ1v) is 9.92. The summed E-state index contributed by atoms with van der Waals surface area (Å²) < 4.78 is 0. The highest BCUT2D eigenvalue weighted by molar-refractivity contribution is 5.85. The summed E-state index contributed by atoms with van der Waals surface area (Å²) in [5.41, 5.74) is 1.39. The SMILES string of the molecule is CC[C@H](C)C(=O)NCC(=O)N1CCCN(CCCc2ccccc2)CC1. The molecule has 1 aliphatic heterocycles. The van der Waals surface area contributed by atoms with Gasteiger partial charge < -0.3 is 15.1 Å². The van der Waals surface area contributed by atoms with Crippen molar-refractivity contribution in [1.82, 2.24) is 15.1 Å². The average Bonchev–Trinajstić information content (AvgIpc) is 2.92. The molecule has 1 aromatic carbocycles. The molecule has 0 spiro atoms. The van der Waals surface area contributed by atoms with E-state index in [4.69, 9.17) is 0 Å². The summed E-state index contributed by atoms with van der Waals surface area (Å²) in [6.07, 6.45) is 4.03. The summed E-state index contributed by atoms with van der Waals surface area (Å²) in [5, 5.41) is 2.77. The van der Waals surface area contributed by atoms with Gasteiger partial charge in [-0.15, -0.1) is 0 Å². The van der Waals surface area contributed by atoms with Crippen molar-refractivity contribution < 1.29 is 9.59 Å². The zero-order valence-corrected chi connectivity index (χ0v) is 16.2. The highest BCUT2D eigenvalue weighted by atomic mass is 16.2. The summed E-state index contributed by atoms with van der Waals surface area (Å²) in [4.78, 5) is 28.5. The van der Waals surface area contributed by atoms with Gasteiger partial charge >= 0.3 is 0 Å². The third-order valence-corrected chi connectivity index (χ3v) is 5.20. The van der Waals surface area contributed by atoms with Crippen molar-refractivity contribution >= 4 is 11.8 Å². The van der Waals surface area contributed by atoms with E-state index in [1.165, 1.54) is 5.56 Å². The van der Waals surface area contributed by atoms with Gasteiger partial charge in [0.25, 0.3) is 0 Å². The topological polar surface area (TPSA) is 52.7 Å². The molecule has 0 aliphatic carbocycles. The quantitative estimate of drug-likeness (QED) is 0.775. The van der Waals surface area contributed by atoms with E-state index in [2.05, 4.69) is 40.5 Å². The van der Waals surface area contributed by atoms with Crippen molar-refractivity contribution in [2.45, 2.75) is 39.5 Å². The zero-order valence-electron chi connectivity index (χ0n) is 16.2. The van der Waals surface area contributed by atoms with Gasteiger partial charge in [-0.3, -0.25) is 9.59 Å². The van der Waals surface area contributed by atoms with Crippen LogP contribution in [0.1, 0.15) is 38.7 Å². The Morgan fingerprint density at radius 1 is 1.12 bits per heavy atom. The van der Waals surface area contributed by atoms with Crippen LogP contribution in [0.2, 0.25) is 0 Å². The van der Waals surface area contributed by atoms with Gasteiger partial charge in [-0.25, -0.2) is 0 Å². The van der Waals surface area contributed by atoms with Crippen LogP contribution in [0, 0.1) is 5.92 Å². The van der Waals surface area contributed by atoms with Crippen LogP contribution in [-0.2, 0) is 16.0 Å². The lowest BCUT2D eigenvalue weighted by atomic mass is 10.1. The number of rotatable bonds is 8. The highest BCUT2D eigenvalue weighted by Gasteiger charge is 2.20. The third kappa shape index (κ3) is 6.79. The van der Waals surface area contributed by atoms with Crippen LogP contribution in [0.3, 0.4) is 0 Å². The number of nitrogens with one attached hydrogen (secondary N) is 1. The fourth-order valence-corrected chi connectivity index (χ4v) is 3.23. The second kappa shape index (κ2) is 11.0. The standard InChI is InChI=1S/C21H33N3O2/c1-3-18(2)21(26)22-17-20(25)24-14-8-13-23(15-16-24)12-7-11-19-9-5-4-6-10-19/h4-6,9-10,18H,3,7-8,11-17H2,1-2H3,(H,22,26)/t18-/m0/s1. The molecule has 5 nitrogen and oxygen atoms in total. The van der Waals surface area contributed by atoms with Crippen molar-refractivity contribution in [3.8, 4) is 0 Å². The lowest BCUT2D eigenvalue weighted by Crippen LogP contribution is -2.43. The van der Waals surface area contributed by atoms with Gasteiger partial charge in [-0.2, -0.15) is 0 Å². The average molecular weight is 360 g/mol. The van der Waals surface area contributed by atoms with E-state index in [1.807, 2.05) is 18.7 Å². The van der Waals surface area contributed by atoms with Crippen LogP contribution in [0.25, 0.3) is 0 Å². The summed E-state index contributed by atoms with van der Waals surface area (Å²) in [5.74, 6) is -0.0296. The van der Waals surface area contributed by atoms with Crippen LogP contribution >= 0.6 is 0 Å². The lowest BCUT2D eigenvalue weighted by molar-refractivity contribution is -0.133. The number of aryl methyl sites for hydroxylation is 1. The largest absolute Gasteiger partial charge is 0.347 e. The second-order valence-corrected chi connectivity index (χ2v) is 7.19. The monoisotopic (exact) mass is 359 g/mol. The van der Waals surface area contributed by atoms with E-state index in [0.717, 1.165) is 58.4 Å². The molecule has 5 heteroatoms. The van der Waals surface area contributed by atoms with E-state index < -0.39 is 0 Å². The van der Waals surface area contributed by atoms with Gasteiger partial charge in [0.15, 0.2) is 0 Å². The summed E-state index contributed by atoms with van der Waals surface area (Å²) in [6, 6.07) is 10.6. The predicted octanol–water partition coefficient (Wildman–Crippen LogP) is 2.32. The van der Waals surface area contributed by atoms with Crippen LogP contribution < -0.4 is 5.32 Å². The Morgan fingerprint density at radius 3 is 2.62 bits per heavy atom. The van der Waals surface area contributed by atoms with Gasteiger partial charge in [-0.05, 0) is 44.3 Å². The Balaban J connectivity index is 1.68. The first kappa shape index (κ1) is 20.4. The van der Waals surface area contributed by atoms with Crippen LogP contribution in [0.15, 0.2) is 30.3 Å². The number of amides is 2. The Bertz CT molecular complexity index is 562. The van der Waals surface area contributed by atoms with Crippen LogP contribution in [0.4, 0.5) is 0 Å². The van der Waals surface area contributed by atoms with Gasteiger partial charge in [0.05, 0.1) is 6.54 Å². The highest BCUT2D eigenvalue weighted by Crippen LogP contribution is 2.07. The number of hydrogen-bond acceptors (Lipinski definition) is 3. The predicted molar refractivity (Wildman–Crippen MR) is 105 cm³/mol. The molecule has 1 saturated heterocycles. The number of nitrogens with zero attached hydrogens (tertiary/aromatic N) is 2. The molecule has 0 bridgehead atoms. The second-order valence-electron chi connectivity index (χ2n) is 7.19. The van der Waals surface area contributed by atoms with Gasteiger partial charge in [-0.1, -0.05) is 44.2 Å². The Morgan fingerprint density at radius 2 is 1.88 bits per heavy atom. The van der Waals surface area contributed by atoms with Crippen LogP contribution in [-0.4, -0.2) is 60.9 Å². The molecule has 1 atom stereocenters. The Labute approximate surface area is 157 Å². The number of hydrogen-bond donors (Lipinski definition) is 1. The zero-order chi connectivity index (χ0) is 18.8. The molecule has 1 fully saturated rings. The number of carbonyl (C=O) groups excluding carboxylic acids is 2. The third-order valence-electron chi connectivity index (χ3n) is 5.20. The molecule has 1 heterocycles. The van der Waals surface area contributed by atoms with Gasteiger partial charge in [0, 0.05) is 25.6 Å². The molecule has 0 saturated carbocycles. The van der Waals surface area contributed by atoms with E-state index >= 15 is 0 Å². The molecule has 2 rings (SSSR count). The Kier molecular flexibility index (Phi) is 8.62. The maximum Gasteiger partial charge on any atom is 0.242 e. The molecular formula is C21H33N3O2. The van der Waals surface area contributed by atoms with Gasteiger partial charge in [0.1, 0.15) is 0 Å². The van der Waals surface area contributed by atoms with Gasteiger partial charge in [0.2, 0.25) is 11.8 Å². The molecule has 1 N–H and O–H groups in total. The Hall–Kier alpha value is -1.88. The molecule has 2 amide bonds. The molecule has 1 aliphatic rings. The molecule has 26 heavy (non-hydrogen) atoms. The van der Waals surface area contributed by atoms with E-state index in [1.54, 1.807) is 0 Å². The normalized spacial score (nSPS) is 16.8. The van der Waals surface area contributed by atoms with Crippen molar-refractivity contribution in [2.24, 2.45) is 5.92 Å². The summed E-state index contributed by atoms with van der Waals surface area (Å²) in [7, 11) is 0. The van der Waals surface area contributed by atoms with Crippen LogP contribution in [0.5, 0.6) is 0 Å². The molecule has 0 unspecified atom stereocenters. The van der Waals surface area contributed by atoms with Crippen molar-refractivity contribution in [3.63, 3.8) is 0 Å². The minimum atomic E-state index is -0.0351.